The molecule has 0 aromatic heterocycles. The van der Waals surface area contributed by atoms with Crippen LogP contribution in [0.5, 0.6) is 11.5 Å². The highest BCUT2D eigenvalue weighted by molar-refractivity contribution is 6.74. The van der Waals surface area contributed by atoms with Gasteiger partial charge in [-0.1, -0.05) is 38.4 Å². The first kappa shape index (κ1) is 20.6. The second-order valence-corrected chi connectivity index (χ2v) is 12.9. The van der Waals surface area contributed by atoms with Crippen LogP contribution in [0.25, 0.3) is 0 Å². The van der Waals surface area contributed by atoms with Crippen molar-refractivity contribution < 1.29 is 18.3 Å². The molecular formula is C20H24ClFO3Si. The maximum atomic E-state index is 14.1. The zero-order valence-corrected chi connectivity index (χ0v) is 17.5. The molecule has 0 heterocycles. The third-order valence-corrected chi connectivity index (χ3v) is 9.52. The molecule has 2 aromatic carbocycles. The average Bonchev–Trinajstić information content (AvgIpc) is 2.56. The zero-order chi connectivity index (χ0) is 19.5. The molecule has 6 heteroatoms. The summed E-state index contributed by atoms with van der Waals surface area (Å²) in [6.45, 7) is 11.0. The fourth-order valence-corrected chi connectivity index (χ4v) is 3.20. The smallest absolute Gasteiger partial charge is 0.192 e. The van der Waals surface area contributed by atoms with Crippen molar-refractivity contribution >= 4 is 26.2 Å². The highest BCUT2D eigenvalue weighted by Crippen LogP contribution is 2.38. The van der Waals surface area contributed by atoms with E-state index in [0.29, 0.717) is 16.9 Å². The molecule has 0 atom stereocenters. The number of benzene rings is 2. The molecule has 0 aliphatic carbocycles. The molecular weight excluding hydrogens is 371 g/mol. The molecule has 0 saturated heterocycles. The van der Waals surface area contributed by atoms with Gasteiger partial charge in [-0.3, -0.25) is 4.79 Å². The van der Waals surface area contributed by atoms with Gasteiger partial charge in [0, 0.05) is 11.1 Å². The third kappa shape index (κ3) is 4.72. The van der Waals surface area contributed by atoms with E-state index < -0.39 is 14.1 Å². The first-order valence-corrected chi connectivity index (χ1v) is 11.7. The zero-order valence-electron chi connectivity index (χ0n) is 15.7. The Morgan fingerprint density at radius 1 is 1.19 bits per heavy atom. The molecule has 3 nitrogen and oxygen atoms in total. The average molecular weight is 395 g/mol. The molecule has 2 rings (SSSR count). The lowest BCUT2D eigenvalue weighted by atomic mass is 10.1. The number of para-hydroxylation sites is 1. The molecule has 0 aliphatic rings. The van der Waals surface area contributed by atoms with E-state index in [-0.39, 0.29) is 22.4 Å². The lowest BCUT2D eigenvalue weighted by Crippen LogP contribution is -2.40. The molecule has 0 amide bonds. The van der Waals surface area contributed by atoms with Gasteiger partial charge in [0.2, 0.25) is 0 Å². The van der Waals surface area contributed by atoms with Gasteiger partial charge in [0.1, 0.15) is 12.0 Å². The van der Waals surface area contributed by atoms with Crippen LogP contribution < -0.4 is 4.74 Å². The van der Waals surface area contributed by atoms with Crippen LogP contribution in [-0.2, 0) is 11.0 Å². The summed E-state index contributed by atoms with van der Waals surface area (Å²) in [5.74, 6) is -0.170. The molecule has 2 aromatic rings. The summed E-state index contributed by atoms with van der Waals surface area (Å²) >= 11 is 6.05. The number of carbonyl (C=O) groups is 1. The summed E-state index contributed by atoms with van der Waals surface area (Å²) in [6, 6.07) is 9.31. The van der Waals surface area contributed by atoms with Crippen molar-refractivity contribution in [2.75, 3.05) is 0 Å². The number of hydrogen-bond donors (Lipinski definition) is 0. The summed E-state index contributed by atoms with van der Waals surface area (Å²) in [6.07, 6.45) is 0.760. The Bertz CT molecular complexity index is 780. The second kappa shape index (κ2) is 7.90. The van der Waals surface area contributed by atoms with Crippen molar-refractivity contribution in [3.05, 3.63) is 58.4 Å². The lowest BCUT2D eigenvalue weighted by Gasteiger charge is -2.36. The van der Waals surface area contributed by atoms with Gasteiger partial charge in [-0.2, -0.15) is 0 Å². The van der Waals surface area contributed by atoms with Crippen molar-refractivity contribution in [1.82, 2.24) is 0 Å². The molecule has 26 heavy (non-hydrogen) atoms. The number of halogens is 2. The van der Waals surface area contributed by atoms with Crippen LogP contribution in [-0.4, -0.2) is 14.6 Å². The quantitative estimate of drug-likeness (QED) is 0.408. The van der Waals surface area contributed by atoms with Gasteiger partial charge in [0.05, 0.1) is 11.6 Å². The number of rotatable bonds is 6. The van der Waals surface area contributed by atoms with Crippen molar-refractivity contribution in [3.63, 3.8) is 0 Å². The van der Waals surface area contributed by atoms with Crippen molar-refractivity contribution in [1.29, 1.82) is 0 Å². The molecule has 0 N–H and O–H groups in total. The maximum absolute atomic E-state index is 14.1. The Hall–Kier alpha value is -1.69. The molecule has 0 unspecified atom stereocenters. The van der Waals surface area contributed by atoms with Crippen LogP contribution in [0, 0.1) is 5.82 Å². The number of aldehydes is 1. The van der Waals surface area contributed by atoms with Crippen LogP contribution >= 0.6 is 11.6 Å². The minimum absolute atomic E-state index is 0.0402. The molecule has 0 radical (unpaired) electrons. The van der Waals surface area contributed by atoms with Gasteiger partial charge < -0.3 is 9.16 Å². The fraction of sp³-hybridized carbons (Fsp3) is 0.350. The Balaban J connectivity index is 2.34. The number of ether oxygens (including phenoxy) is 1. The first-order chi connectivity index (χ1) is 12.0. The Labute approximate surface area is 160 Å². The Morgan fingerprint density at radius 2 is 1.88 bits per heavy atom. The van der Waals surface area contributed by atoms with E-state index in [1.807, 2.05) is 0 Å². The first-order valence-electron chi connectivity index (χ1n) is 8.39. The second-order valence-electron chi connectivity index (χ2n) is 7.69. The Kier molecular flexibility index (Phi) is 6.27. The molecule has 0 fully saturated rings. The van der Waals surface area contributed by atoms with Crippen molar-refractivity contribution in [3.8, 4) is 11.5 Å². The maximum Gasteiger partial charge on any atom is 0.192 e. The van der Waals surface area contributed by atoms with Crippen molar-refractivity contribution in [2.45, 2.75) is 45.5 Å². The van der Waals surface area contributed by atoms with Gasteiger partial charge in [0.15, 0.2) is 19.9 Å². The lowest BCUT2D eigenvalue weighted by molar-refractivity contribution is 0.112. The number of carbonyl (C=O) groups excluding carboxylic acids is 1. The van der Waals surface area contributed by atoms with Gasteiger partial charge in [-0.25, -0.2) is 4.39 Å². The van der Waals surface area contributed by atoms with Crippen LogP contribution in [0.15, 0.2) is 36.4 Å². The minimum Gasteiger partial charge on any atom is -0.452 e. The van der Waals surface area contributed by atoms with E-state index in [2.05, 4.69) is 33.9 Å². The van der Waals surface area contributed by atoms with Crippen molar-refractivity contribution in [2.24, 2.45) is 0 Å². The SMILES string of the molecule is CC(C)(C)[Si](C)(C)OCc1cc(C=O)ccc1Oc1c(F)cccc1Cl. The van der Waals surface area contributed by atoms with Gasteiger partial charge in [0.25, 0.3) is 0 Å². The van der Waals surface area contributed by atoms with Crippen LogP contribution in [0.1, 0.15) is 36.7 Å². The van der Waals surface area contributed by atoms with E-state index in [1.165, 1.54) is 12.1 Å². The minimum atomic E-state index is -2.00. The summed E-state index contributed by atoms with van der Waals surface area (Å²) < 4.78 is 26.0. The van der Waals surface area contributed by atoms with Crippen LogP contribution in [0.2, 0.25) is 23.2 Å². The predicted octanol–water partition coefficient (Wildman–Crippen LogP) is 6.61. The van der Waals surface area contributed by atoms with E-state index in [1.54, 1.807) is 24.3 Å². The number of hydrogen-bond acceptors (Lipinski definition) is 3. The van der Waals surface area contributed by atoms with Gasteiger partial charge in [-0.15, -0.1) is 0 Å². The highest BCUT2D eigenvalue weighted by atomic mass is 35.5. The van der Waals surface area contributed by atoms with Gasteiger partial charge in [-0.05, 0) is 48.5 Å². The summed E-state index contributed by atoms with van der Waals surface area (Å²) in [5.41, 5.74) is 1.18. The monoisotopic (exact) mass is 394 g/mol. The molecule has 0 bridgehead atoms. The Morgan fingerprint density at radius 3 is 2.46 bits per heavy atom. The standard InChI is InChI=1S/C20H24ClFO3Si/c1-20(2,3)26(4,5)24-13-15-11-14(12-23)9-10-18(15)25-19-16(21)7-6-8-17(19)22/h6-12H,13H2,1-5H3. The third-order valence-electron chi connectivity index (χ3n) is 4.75. The molecule has 0 aliphatic heterocycles. The van der Waals surface area contributed by atoms with Gasteiger partial charge >= 0.3 is 0 Å². The van der Waals surface area contributed by atoms with E-state index in [0.717, 1.165) is 6.29 Å². The van der Waals surface area contributed by atoms with Crippen LogP contribution in [0.4, 0.5) is 4.39 Å². The molecule has 0 saturated carbocycles. The summed E-state index contributed by atoms with van der Waals surface area (Å²) in [5, 5.41) is 0.228. The van der Waals surface area contributed by atoms with E-state index in [4.69, 9.17) is 20.8 Å². The molecule has 140 valence electrons. The van der Waals surface area contributed by atoms with E-state index in [9.17, 15) is 9.18 Å². The highest BCUT2D eigenvalue weighted by Gasteiger charge is 2.37. The topological polar surface area (TPSA) is 35.5 Å². The van der Waals surface area contributed by atoms with Crippen LogP contribution in [0.3, 0.4) is 0 Å². The largest absolute Gasteiger partial charge is 0.452 e. The predicted molar refractivity (Wildman–Crippen MR) is 105 cm³/mol. The summed E-state index contributed by atoms with van der Waals surface area (Å²) in [4.78, 5) is 11.1. The van der Waals surface area contributed by atoms with E-state index >= 15 is 0 Å². The molecule has 0 spiro atoms. The fourth-order valence-electron chi connectivity index (χ4n) is 2.05. The normalized spacial score (nSPS) is 12.1. The summed E-state index contributed by atoms with van der Waals surface area (Å²) in [7, 11) is -2.00.